The van der Waals surface area contributed by atoms with Crippen molar-refractivity contribution >= 4 is 11.7 Å². The van der Waals surface area contributed by atoms with Crippen molar-refractivity contribution in [2.75, 3.05) is 38.5 Å². The smallest absolute Gasteiger partial charge is 0.222 e. The van der Waals surface area contributed by atoms with Crippen molar-refractivity contribution < 1.29 is 9.90 Å². The van der Waals surface area contributed by atoms with Crippen LogP contribution in [-0.4, -0.2) is 58.6 Å². The highest BCUT2D eigenvalue weighted by atomic mass is 16.3. The molecule has 1 aromatic heterocycles. The number of rotatable bonds is 4. The summed E-state index contributed by atoms with van der Waals surface area (Å²) >= 11 is 0. The minimum atomic E-state index is 0.0498. The number of hydrogen-bond acceptors (Lipinski definition) is 5. The second-order valence-corrected chi connectivity index (χ2v) is 6.86. The topological polar surface area (TPSA) is 82.7 Å². The molecule has 126 valence electrons. The van der Waals surface area contributed by atoms with Gasteiger partial charge >= 0.3 is 0 Å². The summed E-state index contributed by atoms with van der Waals surface area (Å²) in [5.41, 5.74) is 7.26. The lowest BCUT2D eigenvalue weighted by Crippen LogP contribution is -2.51. The van der Waals surface area contributed by atoms with Gasteiger partial charge in [0, 0.05) is 37.8 Å². The van der Waals surface area contributed by atoms with Crippen molar-refractivity contribution in [1.82, 2.24) is 14.8 Å². The molecular weight excluding hydrogens is 292 g/mol. The molecule has 0 saturated carbocycles. The van der Waals surface area contributed by atoms with Gasteiger partial charge in [-0.2, -0.15) is 0 Å². The Morgan fingerprint density at radius 2 is 2.09 bits per heavy atom. The minimum absolute atomic E-state index is 0.0498. The Hall–Kier alpha value is -1.66. The SMILES string of the molecule is Nc1ncccc1CN1CCC2(CCC(=O)N(CCO)C2)CC1. The number of amides is 1. The minimum Gasteiger partial charge on any atom is -0.395 e. The molecule has 2 fully saturated rings. The first-order valence-corrected chi connectivity index (χ1v) is 8.42. The molecule has 1 spiro atoms. The molecule has 6 heteroatoms. The van der Waals surface area contributed by atoms with E-state index < -0.39 is 0 Å². The number of piperidine rings is 2. The van der Waals surface area contributed by atoms with Gasteiger partial charge in [-0.25, -0.2) is 4.98 Å². The van der Waals surface area contributed by atoms with E-state index in [0.29, 0.717) is 18.8 Å². The molecule has 0 atom stereocenters. The molecule has 0 bridgehead atoms. The van der Waals surface area contributed by atoms with Crippen molar-refractivity contribution in [2.45, 2.75) is 32.2 Å². The van der Waals surface area contributed by atoms with E-state index in [9.17, 15) is 4.79 Å². The van der Waals surface area contributed by atoms with E-state index in [0.717, 1.165) is 51.0 Å². The highest BCUT2D eigenvalue weighted by molar-refractivity contribution is 5.77. The van der Waals surface area contributed by atoms with Crippen molar-refractivity contribution in [3.63, 3.8) is 0 Å². The number of nitrogens with zero attached hydrogens (tertiary/aromatic N) is 3. The number of likely N-dealkylation sites (tertiary alicyclic amines) is 2. The second kappa shape index (κ2) is 6.84. The molecule has 23 heavy (non-hydrogen) atoms. The molecule has 3 rings (SSSR count). The van der Waals surface area contributed by atoms with Gasteiger partial charge in [0.15, 0.2) is 0 Å². The standard InChI is InChI=1S/C17H26N4O2/c18-16-14(2-1-7-19-16)12-20-8-5-17(6-9-20)4-3-15(23)21(13-17)10-11-22/h1-2,7,22H,3-6,8-13H2,(H2,18,19). The van der Waals surface area contributed by atoms with Crippen LogP contribution in [-0.2, 0) is 11.3 Å². The van der Waals surface area contributed by atoms with Crippen LogP contribution in [0, 0.1) is 5.41 Å². The van der Waals surface area contributed by atoms with Crippen LogP contribution in [0.25, 0.3) is 0 Å². The second-order valence-electron chi connectivity index (χ2n) is 6.86. The van der Waals surface area contributed by atoms with E-state index in [-0.39, 0.29) is 17.9 Å². The van der Waals surface area contributed by atoms with Crippen LogP contribution in [0.15, 0.2) is 18.3 Å². The molecular formula is C17H26N4O2. The first kappa shape index (κ1) is 16.2. The molecule has 2 aliphatic heterocycles. The first-order chi connectivity index (χ1) is 11.1. The average molecular weight is 318 g/mol. The fourth-order valence-electron chi connectivity index (χ4n) is 3.85. The third-order valence-corrected chi connectivity index (χ3v) is 5.35. The van der Waals surface area contributed by atoms with Crippen LogP contribution < -0.4 is 5.73 Å². The molecule has 0 aliphatic carbocycles. The number of β-amino-alcohol motifs (C(OH)–C–C–N with tert-alkyl or cyclic N) is 1. The van der Waals surface area contributed by atoms with Crippen LogP contribution in [0.3, 0.4) is 0 Å². The normalized spacial score (nSPS) is 21.8. The van der Waals surface area contributed by atoms with Crippen LogP contribution in [0.2, 0.25) is 0 Å². The highest BCUT2D eigenvalue weighted by Gasteiger charge is 2.40. The summed E-state index contributed by atoms with van der Waals surface area (Å²) in [6, 6.07) is 3.96. The molecule has 3 heterocycles. The summed E-state index contributed by atoms with van der Waals surface area (Å²) in [6.07, 6.45) is 5.52. The molecule has 3 N–H and O–H groups in total. The van der Waals surface area contributed by atoms with Gasteiger partial charge in [0.05, 0.1) is 6.61 Å². The monoisotopic (exact) mass is 318 g/mol. The van der Waals surface area contributed by atoms with Gasteiger partial charge in [0.2, 0.25) is 5.91 Å². The summed E-state index contributed by atoms with van der Waals surface area (Å²) in [4.78, 5) is 20.4. The lowest BCUT2D eigenvalue weighted by atomic mass is 9.72. The van der Waals surface area contributed by atoms with Crippen LogP contribution in [0.4, 0.5) is 5.82 Å². The number of nitrogens with two attached hydrogens (primary N) is 1. The maximum atomic E-state index is 11.9. The number of aromatic nitrogens is 1. The number of aliphatic hydroxyl groups is 1. The lowest BCUT2D eigenvalue weighted by Gasteiger charge is -2.47. The Morgan fingerprint density at radius 3 is 2.78 bits per heavy atom. The Kier molecular flexibility index (Phi) is 4.82. The Labute approximate surface area is 137 Å². The summed E-state index contributed by atoms with van der Waals surface area (Å²) in [6.45, 7) is 4.21. The van der Waals surface area contributed by atoms with Gasteiger partial charge in [0.1, 0.15) is 5.82 Å². The Morgan fingerprint density at radius 1 is 1.30 bits per heavy atom. The summed E-state index contributed by atoms with van der Waals surface area (Å²) < 4.78 is 0. The van der Waals surface area contributed by atoms with Crippen LogP contribution in [0.1, 0.15) is 31.2 Å². The van der Waals surface area contributed by atoms with Crippen molar-refractivity contribution in [1.29, 1.82) is 0 Å². The highest BCUT2D eigenvalue weighted by Crippen LogP contribution is 2.40. The van der Waals surface area contributed by atoms with Gasteiger partial charge in [-0.05, 0) is 43.8 Å². The predicted octanol–water partition coefficient (Wildman–Crippen LogP) is 0.861. The number of hydrogen-bond donors (Lipinski definition) is 2. The fourth-order valence-corrected chi connectivity index (χ4v) is 3.85. The molecule has 1 amide bonds. The molecule has 6 nitrogen and oxygen atoms in total. The quantitative estimate of drug-likeness (QED) is 0.860. The van der Waals surface area contributed by atoms with E-state index in [1.165, 1.54) is 0 Å². The van der Waals surface area contributed by atoms with Gasteiger partial charge < -0.3 is 15.7 Å². The van der Waals surface area contributed by atoms with Crippen molar-refractivity contribution in [3.05, 3.63) is 23.9 Å². The molecule has 0 unspecified atom stereocenters. The van der Waals surface area contributed by atoms with Gasteiger partial charge in [-0.1, -0.05) is 6.07 Å². The lowest BCUT2D eigenvalue weighted by molar-refractivity contribution is -0.139. The van der Waals surface area contributed by atoms with Crippen molar-refractivity contribution in [3.8, 4) is 0 Å². The van der Waals surface area contributed by atoms with E-state index in [1.54, 1.807) is 6.20 Å². The van der Waals surface area contributed by atoms with Gasteiger partial charge in [0.25, 0.3) is 0 Å². The molecule has 1 aromatic rings. The summed E-state index contributed by atoms with van der Waals surface area (Å²) in [5, 5.41) is 9.14. The number of aliphatic hydroxyl groups excluding tert-OH is 1. The van der Waals surface area contributed by atoms with Gasteiger partial charge in [-0.15, -0.1) is 0 Å². The fraction of sp³-hybridized carbons (Fsp3) is 0.647. The molecule has 2 aliphatic rings. The van der Waals surface area contributed by atoms with Crippen LogP contribution >= 0.6 is 0 Å². The van der Waals surface area contributed by atoms with E-state index in [2.05, 4.69) is 9.88 Å². The number of carbonyl (C=O) groups excluding carboxylic acids is 1. The number of carbonyl (C=O) groups is 1. The molecule has 2 saturated heterocycles. The van der Waals surface area contributed by atoms with E-state index in [4.69, 9.17) is 10.8 Å². The first-order valence-electron chi connectivity index (χ1n) is 8.42. The maximum Gasteiger partial charge on any atom is 0.222 e. The number of pyridine rings is 1. The summed E-state index contributed by atoms with van der Waals surface area (Å²) in [7, 11) is 0. The zero-order valence-corrected chi connectivity index (χ0v) is 13.6. The van der Waals surface area contributed by atoms with Gasteiger partial charge in [-0.3, -0.25) is 9.69 Å². The third-order valence-electron chi connectivity index (χ3n) is 5.35. The molecule has 0 aromatic carbocycles. The Balaban J connectivity index is 1.57. The van der Waals surface area contributed by atoms with E-state index in [1.807, 2.05) is 17.0 Å². The Bertz CT molecular complexity index is 555. The zero-order chi connectivity index (χ0) is 16.3. The zero-order valence-electron chi connectivity index (χ0n) is 13.6. The average Bonchev–Trinajstić information content (AvgIpc) is 2.56. The largest absolute Gasteiger partial charge is 0.395 e. The van der Waals surface area contributed by atoms with Crippen molar-refractivity contribution in [2.24, 2.45) is 5.41 Å². The summed E-state index contributed by atoms with van der Waals surface area (Å²) in [5.74, 6) is 0.806. The number of anilines is 1. The number of nitrogen functional groups attached to an aromatic ring is 1. The molecule has 0 radical (unpaired) electrons. The third kappa shape index (κ3) is 3.64. The van der Waals surface area contributed by atoms with Crippen LogP contribution in [0.5, 0.6) is 0 Å². The predicted molar refractivity (Wildman–Crippen MR) is 88.5 cm³/mol. The maximum absolute atomic E-state index is 11.9. The van der Waals surface area contributed by atoms with E-state index >= 15 is 0 Å².